The molecule has 0 unspecified atom stereocenters. The SMILES string of the molecule is CC(C)c1ncc(C(=O)Nc2c(-c3ccccc3F)ccnc2C2CN(C(=O)OC(C)(C)C)C2)cn1. The lowest BCUT2D eigenvalue weighted by Gasteiger charge is -2.40. The van der Waals surface area contributed by atoms with E-state index in [1.165, 1.54) is 18.5 Å². The lowest BCUT2D eigenvalue weighted by atomic mass is 9.91. The number of aromatic nitrogens is 3. The molecule has 2 aromatic heterocycles. The molecule has 1 aliphatic rings. The summed E-state index contributed by atoms with van der Waals surface area (Å²) in [6, 6.07) is 8.03. The van der Waals surface area contributed by atoms with Crippen LogP contribution in [-0.2, 0) is 4.74 Å². The van der Waals surface area contributed by atoms with Crippen molar-refractivity contribution in [3.8, 4) is 11.1 Å². The highest BCUT2D eigenvalue weighted by atomic mass is 19.1. The van der Waals surface area contributed by atoms with Crippen LogP contribution in [0.25, 0.3) is 11.1 Å². The van der Waals surface area contributed by atoms with E-state index in [0.29, 0.717) is 41.4 Å². The molecule has 4 rings (SSSR count). The molecule has 0 radical (unpaired) electrons. The van der Waals surface area contributed by atoms with E-state index in [1.807, 2.05) is 34.6 Å². The molecule has 1 aliphatic heterocycles. The molecule has 8 nitrogen and oxygen atoms in total. The number of hydrogen-bond acceptors (Lipinski definition) is 6. The third-order valence-electron chi connectivity index (χ3n) is 5.75. The van der Waals surface area contributed by atoms with Crippen LogP contribution in [0.15, 0.2) is 48.9 Å². The molecule has 0 aliphatic carbocycles. The van der Waals surface area contributed by atoms with Crippen LogP contribution in [0.1, 0.15) is 68.3 Å². The van der Waals surface area contributed by atoms with Gasteiger partial charge in [0.05, 0.1) is 16.9 Å². The summed E-state index contributed by atoms with van der Waals surface area (Å²) in [5.74, 6) is -0.234. The summed E-state index contributed by atoms with van der Waals surface area (Å²) in [5.41, 5.74) is 1.49. The molecule has 1 N–H and O–H groups in total. The van der Waals surface area contributed by atoms with Crippen molar-refractivity contribution in [1.29, 1.82) is 0 Å². The van der Waals surface area contributed by atoms with Gasteiger partial charge >= 0.3 is 6.09 Å². The molecule has 9 heteroatoms. The van der Waals surface area contributed by atoms with Gasteiger partial charge in [0, 0.05) is 54.6 Å². The molecule has 2 amide bonds. The zero-order valence-electron chi connectivity index (χ0n) is 21.1. The first-order valence-electron chi connectivity index (χ1n) is 11.9. The number of hydrogen-bond donors (Lipinski definition) is 1. The Balaban J connectivity index is 1.65. The van der Waals surface area contributed by atoms with Gasteiger partial charge in [0.25, 0.3) is 5.91 Å². The zero-order chi connectivity index (χ0) is 26.0. The second kappa shape index (κ2) is 10.0. The van der Waals surface area contributed by atoms with Crippen molar-refractivity contribution in [3.05, 3.63) is 71.8 Å². The maximum absolute atomic E-state index is 14.8. The van der Waals surface area contributed by atoms with Crippen molar-refractivity contribution in [2.75, 3.05) is 18.4 Å². The first kappa shape index (κ1) is 25.2. The highest BCUT2D eigenvalue weighted by molar-refractivity contribution is 6.06. The van der Waals surface area contributed by atoms with E-state index in [0.717, 1.165) is 0 Å². The van der Waals surface area contributed by atoms with Crippen LogP contribution in [0.4, 0.5) is 14.9 Å². The lowest BCUT2D eigenvalue weighted by molar-refractivity contribution is 0.00791. The molecule has 1 saturated heterocycles. The molecule has 188 valence electrons. The van der Waals surface area contributed by atoms with Crippen molar-refractivity contribution >= 4 is 17.7 Å². The third kappa shape index (κ3) is 5.50. The van der Waals surface area contributed by atoms with Gasteiger partial charge in [0.2, 0.25) is 0 Å². The van der Waals surface area contributed by atoms with E-state index in [4.69, 9.17) is 4.74 Å². The molecule has 36 heavy (non-hydrogen) atoms. The zero-order valence-corrected chi connectivity index (χ0v) is 21.1. The Kier molecular flexibility index (Phi) is 7.01. The molecule has 0 saturated carbocycles. The van der Waals surface area contributed by atoms with Gasteiger partial charge in [-0.2, -0.15) is 0 Å². The van der Waals surface area contributed by atoms with E-state index in [-0.39, 0.29) is 17.4 Å². The molecular formula is C27H30FN5O3. The predicted octanol–water partition coefficient (Wildman–Crippen LogP) is 5.39. The maximum atomic E-state index is 14.8. The highest BCUT2D eigenvalue weighted by Crippen LogP contribution is 2.38. The fourth-order valence-corrected chi connectivity index (χ4v) is 3.89. The summed E-state index contributed by atoms with van der Waals surface area (Å²) in [6.45, 7) is 10.1. The van der Waals surface area contributed by atoms with Crippen LogP contribution in [-0.4, -0.2) is 50.5 Å². The summed E-state index contributed by atoms with van der Waals surface area (Å²) in [4.78, 5) is 40.3. The van der Waals surface area contributed by atoms with Crippen LogP contribution < -0.4 is 5.32 Å². The quantitative estimate of drug-likeness (QED) is 0.514. The molecule has 0 spiro atoms. The second-order valence-electron chi connectivity index (χ2n) is 10.1. The average Bonchev–Trinajstić information content (AvgIpc) is 2.78. The van der Waals surface area contributed by atoms with Gasteiger partial charge in [-0.1, -0.05) is 32.0 Å². The van der Waals surface area contributed by atoms with Gasteiger partial charge in [-0.05, 0) is 32.9 Å². The van der Waals surface area contributed by atoms with Gasteiger partial charge in [0.1, 0.15) is 17.2 Å². The van der Waals surface area contributed by atoms with Gasteiger partial charge in [-0.15, -0.1) is 0 Å². The summed E-state index contributed by atoms with van der Waals surface area (Å²) in [7, 11) is 0. The van der Waals surface area contributed by atoms with Crippen molar-refractivity contribution in [2.24, 2.45) is 0 Å². The number of carbonyl (C=O) groups excluding carboxylic acids is 2. The van der Waals surface area contributed by atoms with Crippen molar-refractivity contribution in [3.63, 3.8) is 0 Å². The van der Waals surface area contributed by atoms with E-state index < -0.39 is 23.4 Å². The number of nitrogens with zero attached hydrogens (tertiary/aromatic N) is 4. The maximum Gasteiger partial charge on any atom is 0.410 e. The minimum Gasteiger partial charge on any atom is -0.444 e. The first-order chi connectivity index (χ1) is 17.0. The number of carbonyl (C=O) groups is 2. The number of rotatable bonds is 5. The Hall–Kier alpha value is -3.88. The minimum absolute atomic E-state index is 0.131. The number of anilines is 1. The monoisotopic (exact) mass is 491 g/mol. The van der Waals surface area contributed by atoms with E-state index in [1.54, 1.807) is 35.4 Å². The van der Waals surface area contributed by atoms with Crippen molar-refractivity contribution in [1.82, 2.24) is 19.9 Å². The molecule has 1 fully saturated rings. The number of likely N-dealkylation sites (tertiary alicyclic amines) is 1. The smallest absolute Gasteiger partial charge is 0.410 e. The van der Waals surface area contributed by atoms with Gasteiger partial charge in [-0.25, -0.2) is 19.2 Å². The Labute approximate surface area is 209 Å². The highest BCUT2D eigenvalue weighted by Gasteiger charge is 2.37. The Morgan fingerprint density at radius 2 is 1.72 bits per heavy atom. The molecule has 3 heterocycles. The van der Waals surface area contributed by atoms with Crippen molar-refractivity contribution in [2.45, 2.75) is 52.1 Å². The Bertz CT molecular complexity index is 1270. The van der Waals surface area contributed by atoms with Crippen LogP contribution >= 0.6 is 0 Å². The van der Waals surface area contributed by atoms with Crippen LogP contribution in [0.5, 0.6) is 0 Å². The van der Waals surface area contributed by atoms with Gasteiger partial charge < -0.3 is 15.0 Å². The first-order valence-corrected chi connectivity index (χ1v) is 11.9. The number of nitrogens with one attached hydrogen (secondary N) is 1. The van der Waals surface area contributed by atoms with Crippen LogP contribution in [0.3, 0.4) is 0 Å². The fraction of sp³-hybridized carbons (Fsp3) is 0.370. The Morgan fingerprint density at radius 1 is 1.06 bits per heavy atom. The third-order valence-corrected chi connectivity index (χ3v) is 5.75. The summed E-state index contributed by atoms with van der Waals surface area (Å²) >= 11 is 0. The predicted molar refractivity (Wildman–Crippen MR) is 134 cm³/mol. The molecule has 1 aromatic carbocycles. The number of amides is 2. The second-order valence-corrected chi connectivity index (χ2v) is 10.1. The van der Waals surface area contributed by atoms with Crippen LogP contribution in [0, 0.1) is 5.82 Å². The summed E-state index contributed by atoms with van der Waals surface area (Å²) < 4.78 is 20.2. The number of halogens is 1. The molecular weight excluding hydrogens is 461 g/mol. The Morgan fingerprint density at radius 3 is 2.33 bits per heavy atom. The lowest BCUT2D eigenvalue weighted by Crippen LogP contribution is -2.50. The summed E-state index contributed by atoms with van der Waals surface area (Å²) in [5, 5.41) is 2.92. The van der Waals surface area contributed by atoms with E-state index in [9.17, 15) is 14.0 Å². The number of pyridine rings is 1. The van der Waals surface area contributed by atoms with E-state index >= 15 is 0 Å². The molecule has 3 aromatic rings. The molecule has 0 atom stereocenters. The van der Waals surface area contributed by atoms with E-state index in [2.05, 4.69) is 20.3 Å². The normalized spacial score (nSPS) is 13.9. The molecule has 0 bridgehead atoms. The summed E-state index contributed by atoms with van der Waals surface area (Å²) in [6.07, 6.45) is 4.13. The van der Waals surface area contributed by atoms with Gasteiger partial charge in [-0.3, -0.25) is 9.78 Å². The minimum atomic E-state index is -0.600. The number of benzene rings is 1. The number of ether oxygens (including phenoxy) is 1. The standard InChI is InChI=1S/C27H30FN5O3/c1-16(2)24-30-12-17(13-31-24)25(34)32-23-20(19-8-6-7-9-21(19)28)10-11-29-22(23)18-14-33(15-18)26(35)36-27(3,4)5/h6-13,16,18H,14-15H2,1-5H3,(H,32,34). The largest absolute Gasteiger partial charge is 0.444 e. The topological polar surface area (TPSA) is 97.3 Å². The van der Waals surface area contributed by atoms with Crippen LogP contribution in [0.2, 0.25) is 0 Å². The van der Waals surface area contributed by atoms with Gasteiger partial charge in [0.15, 0.2) is 0 Å². The fourth-order valence-electron chi connectivity index (χ4n) is 3.89. The average molecular weight is 492 g/mol. The van der Waals surface area contributed by atoms with Crippen molar-refractivity contribution < 1.29 is 18.7 Å².